The van der Waals surface area contributed by atoms with E-state index in [2.05, 4.69) is 16.7 Å². The minimum Gasteiger partial charge on any atom is -0.339 e. The highest BCUT2D eigenvalue weighted by Gasteiger charge is 2.50. The number of benzene rings is 3. The van der Waals surface area contributed by atoms with E-state index in [-0.39, 0.29) is 4.90 Å². The SMILES string of the molecule is CC1CC(F)(F)[C@H](c2ccc(-c3ccc(S(C)(=O)=O)cc3)cc2)N[C@@H]1C(=O)N[C@H](C#N)Cc1ccccc1. The quantitative estimate of drug-likeness (QED) is 0.456. The number of amides is 1. The maximum absolute atomic E-state index is 15.1. The number of hydrogen-bond donors (Lipinski definition) is 2. The second kappa shape index (κ2) is 11.0. The van der Waals surface area contributed by atoms with Gasteiger partial charge >= 0.3 is 0 Å². The monoisotopic (exact) mass is 537 g/mol. The average Bonchev–Trinajstić information content (AvgIpc) is 2.88. The summed E-state index contributed by atoms with van der Waals surface area (Å²) >= 11 is 0. The van der Waals surface area contributed by atoms with Crippen molar-refractivity contribution >= 4 is 15.7 Å². The molecule has 2 N–H and O–H groups in total. The van der Waals surface area contributed by atoms with Gasteiger partial charge < -0.3 is 5.32 Å². The van der Waals surface area contributed by atoms with E-state index in [0.29, 0.717) is 12.0 Å². The first-order valence-electron chi connectivity index (χ1n) is 12.3. The Bertz CT molecular complexity index is 1420. The van der Waals surface area contributed by atoms with Crippen molar-refractivity contribution in [3.63, 3.8) is 0 Å². The van der Waals surface area contributed by atoms with Crippen LogP contribution in [-0.2, 0) is 21.1 Å². The standard InChI is InChI=1S/C29H29F2N3O3S/c1-19-17-29(30,31)27(34-26(19)28(35)33-24(18-32)16-20-6-4-3-5-7-20)23-10-8-21(9-11-23)22-12-14-25(15-13-22)38(2,36)37/h3-15,19,24,26-27,34H,16-17H2,1-2H3,(H,33,35)/t19?,24-,26-,27-/m0/s1. The predicted octanol–water partition coefficient (Wildman–Crippen LogP) is 4.68. The van der Waals surface area contributed by atoms with E-state index in [1.807, 2.05) is 30.3 Å². The number of halogens is 2. The van der Waals surface area contributed by atoms with Crippen LogP contribution < -0.4 is 10.6 Å². The molecule has 0 aromatic heterocycles. The fourth-order valence-corrected chi connectivity index (χ4v) is 5.44. The molecular weight excluding hydrogens is 508 g/mol. The number of hydrogen-bond acceptors (Lipinski definition) is 5. The van der Waals surface area contributed by atoms with Gasteiger partial charge in [0.15, 0.2) is 9.84 Å². The van der Waals surface area contributed by atoms with Crippen molar-refractivity contribution in [2.45, 2.75) is 48.7 Å². The molecule has 9 heteroatoms. The molecular formula is C29H29F2N3O3S. The molecule has 4 rings (SSSR count). The summed E-state index contributed by atoms with van der Waals surface area (Å²) in [4.78, 5) is 13.3. The number of sulfone groups is 1. The Balaban J connectivity index is 1.49. The molecule has 1 heterocycles. The summed E-state index contributed by atoms with van der Waals surface area (Å²) in [7, 11) is -3.32. The molecule has 1 saturated heterocycles. The highest BCUT2D eigenvalue weighted by Crippen LogP contribution is 2.42. The lowest BCUT2D eigenvalue weighted by atomic mass is 9.82. The first-order chi connectivity index (χ1) is 18.0. The Morgan fingerprint density at radius 1 is 1.05 bits per heavy atom. The lowest BCUT2D eigenvalue weighted by Gasteiger charge is -2.41. The van der Waals surface area contributed by atoms with Crippen molar-refractivity contribution in [1.29, 1.82) is 5.26 Å². The van der Waals surface area contributed by atoms with Crippen LogP contribution in [0.2, 0.25) is 0 Å². The number of carbonyl (C=O) groups excluding carboxylic acids is 1. The maximum Gasteiger partial charge on any atom is 0.267 e. The van der Waals surface area contributed by atoms with Crippen molar-refractivity contribution in [2.75, 3.05) is 6.26 Å². The van der Waals surface area contributed by atoms with Gasteiger partial charge in [-0.3, -0.25) is 10.1 Å². The molecule has 1 unspecified atom stereocenters. The number of nitrogens with one attached hydrogen (secondary N) is 2. The van der Waals surface area contributed by atoms with Gasteiger partial charge in [-0.2, -0.15) is 5.26 Å². The minimum atomic E-state index is -3.32. The summed E-state index contributed by atoms with van der Waals surface area (Å²) in [6.07, 6.45) is 0.968. The summed E-state index contributed by atoms with van der Waals surface area (Å²) in [5, 5.41) is 15.1. The lowest BCUT2D eigenvalue weighted by molar-refractivity contribution is -0.133. The second-order valence-corrected chi connectivity index (χ2v) is 11.8. The number of nitriles is 1. The highest BCUT2D eigenvalue weighted by atomic mass is 32.2. The molecule has 1 aliphatic heterocycles. The molecule has 1 amide bonds. The van der Waals surface area contributed by atoms with Crippen LogP contribution >= 0.6 is 0 Å². The fraction of sp³-hybridized carbons (Fsp3) is 0.310. The fourth-order valence-electron chi connectivity index (χ4n) is 4.81. The average molecular weight is 538 g/mol. The molecule has 4 atom stereocenters. The van der Waals surface area contributed by atoms with E-state index >= 15 is 8.78 Å². The van der Waals surface area contributed by atoms with Gasteiger partial charge in [-0.05, 0) is 40.3 Å². The Morgan fingerprint density at radius 3 is 2.18 bits per heavy atom. The van der Waals surface area contributed by atoms with Gasteiger partial charge in [-0.1, -0.05) is 73.7 Å². The smallest absolute Gasteiger partial charge is 0.267 e. The van der Waals surface area contributed by atoms with Crippen LogP contribution in [0.4, 0.5) is 8.78 Å². The molecule has 198 valence electrons. The van der Waals surface area contributed by atoms with Gasteiger partial charge in [0.25, 0.3) is 5.92 Å². The Morgan fingerprint density at radius 2 is 1.63 bits per heavy atom. The van der Waals surface area contributed by atoms with Crippen LogP contribution in [-0.4, -0.2) is 38.6 Å². The molecule has 38 heavy (non-hydrogen) atoms. The third kappa shape index (κ3) is 6.26. The molecule has 0 saturated carbocycles. The lowest BCUT2D eigenvalue weighted by Crippen LogP contribution is -2.59. The zero-order valence-corrected chi connectivity index (χ0v) is 21.9. The van der Waals surface area contributed by atoms with Crippen LogP contribution in [0.1, 0.15) is 30.5 Å². The van der Waals surface area contributed by atoms with Crippen LogP contribution in [0.3, 0.4) is 0 Å². The molecule has 0 aliphatic carbocycles. The van der Waals surface area contributed by atoms with E-state index in [1.54, 1.807) is 43.3 Å². The van der Waals surface area contributed by atoms with E-state index < -0.39 is 52.1 Å². The highest BCUT2D eigenvalue weighted by molar-refractivity contribution is 7.90. The Kier molecular flexibility index (Phi) is 7.95. The van der Waals surface area contributed by atoms with Gasteiger partial charge in [0.2, 0.25) is 5.91 Å². The van der Waals surface area contributed by atoms with Gasteiger partial charge in [0.1, 0.15) is 6.04 Å². The number of rotatable bonds is 7. The van der Waals surface area contributed by atoms with Gasteiger partial charge in [-0.15, -0.1) is 0 Å². The molecule has 3 aromatic carbocycles. The second-order valence-electron chi connectivity index (χ2n) is 9.82. The summed E-state index contributed by atoms with van der Waals surface area (Å²) in [5.41, 5.74) is 2.71. The topological polar surface area (TPSA) is 99.1 Å². The minimum absolute atomic E-state index is 0.199. The van der Waals surface area contributed by atoms with E-state index in [0.717, 1.165) is 22.9 Å². The first kappa shape index (κ1) is 27.4. The summed E-state index contributed by atoms with van der Waals surface area (Å²) in [6, 6.07) is 21.2. The van der Waals surface area contributed by atoms with Gasteiger partial charge in [0, 0.05) is 19.1 Å². The summed E-state index contributed by atoms with van der Waals surface area (Å²) in [5.74, 6) is -4.22. The van der Waals surface area contributed by atoms with Crippen molar-refractivity contribution < 1.29 is 22.0 Å². The van der Waals surface area contributed by atoms with Crippen LogP contribution in [0, 0.1) is 17.2 Å². The Hall–Kier alpha value is -3.61. The van der Waals surface area contributed by atoms with Crippen LogP contribution in [0.5, 0.6) is 0 Å². The number of carbonyl (C=O) groups is 1. The van der Waals surface area contributed by atoms with E-state index in [9.17, 15) is 18.5 Å². The third-order valence-electron chi connectivity index (χ3n) is 6.83. The Labute approximate surface area is 221 Å². The van der Waals surface area contributed by atoms with Crippen LogP contribution in [0.25, 0.3) is 11.1 Å². The van der Waals surface area contributed by atoms with Gasteiger partial charge in [-0.25, -0.2) is 17.2 Å². The summed E-state index contributed by atoms with van der Waals surface area (Å²) < 4.78 is 53.7. The zero-order chi connectivity index (χ0) is 27.5. The van der Waals surface area contributed by atoms with Crippen molar-refractivity contribution in [3.8, 4) is 17.2 Å². The number of piperidine rings is 1. The van der Waals surface area contributed by atoms with Crippen molar-refractivity contribution in [2.24, 2.45) is 5.92 Å². The number of alkyl halides is 2. The normalized spacial score (nSPS) is 21.7. The van der Waals surface area contributed by atoms with E-state index in [1.165, 1.54) is 12.1 Å². The number of nitrogens with zero attached hydrogens (tertiary/aromatic N) is 1. The molecule has 3 aromatic rings. The van der Waals surface area contributed by atoms with Crippen molar-refractivity contribution in [1.82, 2.24) is 10.6 Å². The maximum atomic E-state index is 15.1. The predicted molar refractivity (Wildman–Crippen MR) is 141 cm³/mol. The van der Waals surface area contributed by atoms with Gasteiger partial charge in [0.05, 0.1) is 23.0 Å². The zero-order valence-electron chi connectivity index (χ0n) is 21.1. The molecule has 0 spiro atoms. The molecule has 6 nitrogen and oxygen atoms in total. The molecule has 0 bridgehead atoms. The molecule has 1 aliphatic rings. The summed E-state index contributed by atoms with van der Waals surface area (Å²) in [6.45, 7) is 1.60. The largest absolute Gasteiger partial charge is 0.339 e. The van der Waals surface area contributed by atoms with E-state index in [4.69, 9.17) is 0 Å². The van der Waals surface area contributed by atoms with Crippen molar-refractivity contribution in [3.05, 3.63) is 90.0 Å². The molecule has 0 radical (unpaired) electrons. The first-order valence-corrected chi connectivity index (χ1v) is 14.2. The molecule has 1 fully saturated rings. The van der Waals surface area contributed by atoms with Crippen LogP contribution in [0.15, 0.2) is 83.8 Å². The third-order valence-corrected chi connectivity index (χ3v) is 7.96.